The third-order valence-electron chi connectivity index (χ3n) is 6.15. The van der Waals surface area contributed by atoms with Gasteiger partial charge in [0.15, 0.2) is 15.6 Å². The Bertz CT molecular complexity index is 1020. The van der Waals surface area contributed by atoms with Gasteiger partial charge in [0.1, 0.15) is 5.60 Å². The van der Waals surface area contributed by atoms with Crippen molar-refractivity contribution < 1.29 is 17.9 Å². The number of thiophene rings is 1. The van der Waals surface area contributed by atoms with Gasteiger partial charge in [-0.1, -0.05) is 19.1 Å². The molecule has 1 saturated heterocycles. The smallest absolute Gasteiger partial charge is 0.178 e. The van der Waals surface area contributed by atoms with E-state index in [9.17, 15) is 13.2 Å². The third kappa shape index (κ3) is 4.26. The molecule has 0 saturated carbocycles. The van der Waals surface area contributed by atoms with Crippen LogP contribution in [0.4, 0.5) is 0 Å². The maximum atomic E-state index is 12.9. The second-order valence-corrected chi connectivity index (χ2v) is 11.6. The second-order valence-electron chi connectivity index (χ2n) is 8.31. The Morgan fingerprint density at radius 3 is 2.60 bits per heavy atom. The highest BCUT2D eigenvalue weighted by Gasteiger charge is 2.43. The number of hydrogen-bond donors (Lipinski definition) is 1. The Hall–Kier alpha value is -1.54. The summed E-state index contributed by atoms with van der Waals surface area (Å²) < 4.78 is 30.3. The van der Waals surface area contributed by atoms with E-state index in [0.29, 0.717) is 17.7 Å². The van der Waals surface area contributed by atoms with Crippen LogP contribution >= 0.6 is 11.3 Å². The van der Waals surface area contributed by atoms with Gasteiger partial charge in [-0.25, -0.2) is 8.42 Å². The maximum Gasteiger partial charge on any atom is 0.178 e. The monoisotopic (exact) mass is 447 g/mol. The molecule has 0 aliphatic carbocycles. The number of rotatable bonds is 6. The molecule has 7 heteroatoms. The van der Waals surface area contributed by atoms with E-state index in [1.54, 1.807) is 30.4 Å². The molecule has 3 heterocycles. The number of carbonyl (C=O) groups is 1. The summed E-state index contributed by atoms with van der Waals surface area (Å²) in [5, 5.41) is 3.41. The lowest BCUT2D eigenvalue weighted by Crippen LogP contribution is -2.46. The molecule has 5 nitrogen and oxygen atoms in total. The Labute approximate surface area is 182 Å². The number of sulfone groups is 1. The van der Waals surface area contributed by atoms with Crippen LogP contribution in [0.15, 0.2) is 35.2 Å². The molecule has 1 fully saturated rings. The first-order valence-electron chi connectivity index (χ1n) is 10.7. The Morgan fingerprint density at radius 1 is 1.23 bits per heavy atom. The van der Waals surface area contributed by atoms with Gasteiger partial charge in [-0.3, -0.25) is 4.79 Å². The predicted molar refractivity (Wildman–Crippen MR) is 119 cm³/mol. The van der Waals surface area contributed by atoms with E-state index in [2.05, 4.69) is 18.3 Å². The zero-order chi connectivity index (χ0) is 21.4. The van der Waals surface area contributed by atoms with Gasteiger partial charge in [-0.2, -0.15) is 0 Å². The van der Waals surface area contributed by atoms with Gasteiger partial charge < -0.3 is 10.1 Å². The van der Waals surface area contributed by atoms with Crippen LogP contribution in [0.3, 0.4) is 0 Å². The first kappa shape index (κ1) is 21.7. The van der Waals surface area contributed by atoms with Crippen LogP contribution < -0.4 is 5.32 Å². The van der Waals surface area contributed by atoms with E-state index in [1.807, 2.05) is 12.1 Å². The summed E-state index contributed by atoms with van der Waals surface area (Å²) in [7, 11) is -3.19. The number of piperidine rings is 1. The summed E-state index contributed by atoms with van der Waals surface area (Å²) in [6, 6.07) is 9.00. The van der Waals surface area contributed by atoms with Gasteiger partial charge >= 0.3 is 0 Å². The van der Waals surface area contributed by atoms with Crippen molar-refractivity contribution in [1.29, 1.82) is 0 Å². The molecule has 0 amide bonds. The largest absolute Gasteiger partial charge is 0.366 e. The molecule has 1 N–H and O–H groups in total. The number of nitrogens with one attached hydrogen (secondary N) is 1. The van der Waals surface area contributed by atoms with E-state index < -0.39 is 9.84 Å². The first-order chi connectivity index (χ1) is 14.3. The van der Waals surface area contributed by atoms with E-state index in [-0.39, 0.29) is 23.2 Å². The van der Waals surface area contributed by atoms with Crippen molar-refractivity contribution in [1.82, 2.24) is 5.32 Å². The number of fused-ring (bicyclic) bond motifs is 2. The van der Waals surface area contributed by atoms with E-state index in [0.717, 1.165) is 42.8 Å². The van der Waals surface area contributed by atoms with Crippen LogP contribution in [0.2, 0.25) is 0 Å². The quantitative estimate of drug-likeness (QED) is 0.680. The zero-order valence-corrected chi connectivity index (χ0v) is 19.2. The van der Waals surface area contributed by atoms with E-state index >= 15 is 0 Å². The van der Waals surface area contributed by atoms with Crippen molar-refractivity contribution in [2.75, 3.05) is 18.8 Å². The molecule has 1 atom stereocenters. The van der Waals surface area contributed by atoms with Crippen LogP contribution in [-0.2, 0) is 33.0 Å². The highest BCUT2D eigenvalue weighted by molar-refractivity contribution is 7.91. The summed E-state index contributed by atoms with van der Waals surface area (Å²) in [6.45, 7) is 5.64. The Kier molecular flexibility index (Phi) is 6.17. The minimum absolute atomic E-state index is 0.0910. The van der Waals surface area contributed by atoms with Gasteiger partial charge in [-0.05, 0) is 75.0 Å². The van der Waals surface area contributed by atoms with E-state index in [1.165, 1.54) is 10.4 Å². The Balaban J connectivity index is 1.47. The van der Waals surface area contributed by atoms with Crippen LogP contribution in [0.25, 0.3) is 0 Å². The van der Waals surface area contributed by atoms with Crippen LogP contribution in [0.5, 0.6) is 0 Å². The number of ether oxygens (including phenoxy) is 1. The molecule has 4 rings (SSSR count). The lowest BCUT2D eigenvalue weighted by molar-refractivity contribution is -0.117. The molecule has 2 aliphatic rings. The maximum absolute atomic E-state index is 12.9. The fraction of sp³-hybridized carbons (Fsp3) is 0.522. The molecule has 2 aliphatic heterocycles. The third-order valence-corrected chi connectivity index (χ3v) is 9.30. The highest BCUT2D eigenvalue weighted by Crippen LogP contribution is 2.46. The zero-order valence-electron chi connectivity index (χ0n) is 17.6. The average Bonchev–Trinajstić information content (AvgIpc) is 3.18. The van der Waals surface area contributed by atoms with Gasteiger partial charge in [0.25, 0.3) is 0 Å². The summed E-state index contributed by atoms with van der Waals surface area (Å²) in [4.78, 5) is 15.3. The summed E-state index contributed by atoms with van der Waals surface area (Å²) >= 11 is 1.61. The molecular formula is C23H29NO4S2. The Morgan fingerprint density at radius 2 is 1.93 bits per heavy atom. The van der Waals surface area contributed by atoms with Crippen molar-refractivity contribution >= 4 is 27.0 Å². The second kappa shape index (κ2) is 8.54. The molecule has 0 radical (unpaired) electrons. The SMILES string of the molecule is CCS(=O)(=O)c1ccc(CCC(=O)c2cc3c(s2)C2(CCNCC2)O[C@@H](C)C3)cc1. The minimum Gasteiger partial charge on any atom is -0.366 e. The fourth-order valence-corrected chi connectivity index (χ4v) is 6.71. The van der Waals surface area contributed by atoms with Crippen molar-refractivity contribution in [2.24, 2.45) is 0 Å². The van der Waals surface area contributed by atoms with Crippen LogP contribution in [0.1, 0.15) is 58.8 Å². The topological polar surface area (TPSA) is 72.5 Å². The summed E-state index contributed by atoms with van der Waals surface area (Å²) in [6.07, 6.45) is 3.96. The van der Waals surface area contributed by atoms with Crippen LogP contribution in [0, 0.1) is 0 Å². The fourth-order valence-electron chi connectivity index (χ4n) is 4.48. The van der Waals surface area contributed by atoms with Gasteiger partial charge in [0.05, 0.1) is 21.6 Å². The number of aryl methyl sites for hydroxylation is 1. The molecule has 162 valence electrons. The lowest BCUT2D eigenvalue weighted by atomic mass is 9.84. The molecule has 0 unspecified atom stereocenters. The molecule has 30 heavy (non-hydrogen) atoms. The first-order valence-corrected chi connectivity index (χ1v) is 13.2. The summed E-state index contributed by atoms with van der Waals surface area (Å²) in [5.41, 5.74) is 2.02. The molecule has 0 bridgehead atoms. The van der Waals surface area contributed by atoms with E-state index in [4.69, 9.17) is 4.74 Å². The van der Waals surface area contributed by atoms with Crippen molar-refractivity contribution in [3.8, 4) is 0 Å². The molecular weight excluding hydrogens is 418 g/mol. The molecule has 1 aromatic carbocycles. The summed E-state index contributed by atoms with van der Waals surface area (Å²) in [5.74, 6) is 0.240. The van der Waals surface area contributed by atoms with Crippen LogP contribution in [-0.4, -0.2) is 39.1 Å². The number of ketones is 1. The number of benzene rings is 1. The van der Waals surface area contributed by atoms with Gasteiger partial charge in [-0.15, -0.1) is 11.3 Å². The lowest BCUT2D eigenvalue weighted by Gasteiger charge is -2.43. The molecule has 1 spiro atoms. The van der Waals surface area contributed by atoms with Gasteiger partial charge in [0, 0.05) is 11.3 Å². The number of Topliss-reactive ketones (excluding diaryl/α,β-unsaturated/α-hetero) is 1. The normalized spacial score (nSPS) is 20.8. The molecule has 1 aromatic heterocycles. The van der Waals surface area contributed by atoms with Crippen molar-refractivity contribution in [3.63, 3.8) is 0 Å². The highest BCUT2D eigenvalue weighted by atomic mass is 32.2. The minimum atomic E-state index is -3.19. The van der Waals surface area contributed by atoms with Gasteiger partial charge in [0.2, 0.25) is 0 Å². The standard InChI is InChI=1S/C23H29NO4S2/c1-3-30(26,27)19-7-4-17(5-8-19)6-9-20(25)21-15-18-14-16(2)28-23(22(18)29-21)10-12-24-13-11-23/h4-5,7-8,15-16,24H,3,6,9-14H2,1-2H3/t16-/m0/s1. The van der Waals surface area contributed by atoms with Crippen molar-refractivity contribution in [2.45, 2.75) is 62.6 Å². The average molecular weight is 448 g/mol. The number of hydrogen-bond acceptors (Lipinski definition) is 6. The van der Waals surface area contributed by atoms with Crippen molar-refractivity contribution in [3.05, 3.63) is 51.2 Å². The predicted octanol–water partition coefficient (Wildman–Crippen LogP) is 3.90. The molecule has 2 aromatic rings. The number of carbonyl (C=O) groups excluding carboxylic acids is 1.